The first-order chi connectivity index (χ1) is 10.0. The van der Waals surface area contributed by atoms with Crippen molar-refractivity contribution in [1.82, 2.24) is 0 Å². The standard InChI is InChI=1S/C18H19BrO2/c1-5-21-17-10-15(9-16(19)11-17)13(3)14-6-7-18(20-4)12(2)8-14/h6-11H,3,5H2,1-2,4H3. The summed E-state index contributed by atoms with van der Waals surface area (Å²) in [6.07, 6.45) is 0. The Morgan fingerprint density at radius 1 is 1.14 bits per heavy atom. The highest BCUT2D eigenvalue weighted by molar-refractivity contribution is 9.10. The molecule has 2 rings (SSSR count). The Balaban J connectivity index is 2.37. The van der Waals surface area contributed by atoms with E-state index < -0.39 is 0 Å². The fourth-order valence-electron chi connectivity index (χ4n) is 2.22. The zero-order chi connectivity index (χ0) is 15.4. The summed E-state index contributed by atoms with van der Waals surface area (Å²) in [7, 11) is 1.68. The summed E-state index contributed by atoms with van der Waals surface area (Å²) in [5.74, 6) is 1.73. The Bertz CT molecular complexity index is 662. The SMILES string of the molecule is C=C(c1cc(Br)cc(OCC)c1)c1ccc(OC)c(C)c1. The van der Waals surface area contributed by atoms with Crippen LogP contribution in [0.1, 0.15) is 23.6 Å². The van der Waals surface area contributed by atoms with Crippen LogP contribution in [0, 0.1) is 6.92 Å². The molecule has 110 valence electrons. The van der Waals surface area contributed by atoms with Crippen molar-refractivity contribution in [1.29, 1.82) is 0 Å². The molecule has 0 spiro atoms. The average molecular weight is 347 g/mol. The van der Waals surface area contributed by atoms with Crippen molar-refractivity contribution in [3.05, 3.63) is 64.1 Å². The van der Waals surface area contributed by atoms with Crippen molar-refractivity contribution in [2.45, 2.75) is 13.8 Å². The average Bonchev–Trinajstić information content (AvgIpc) is 2.46. The lowest BCUT2D eigenvalue weighted by atomic mass is 9.98. The van der Waals surface area contributed by atoms with Gasteiger partial charge in [0.2, 0.25) is 0 Å². The van der Waals surface area contributed by atoms with Crippen LogP contribution in [0.5, 0.6) is 11.5 Å². The summed E-state index contributed by atoms with van der Waals surface area (Å²) in [6, 6.07) is 12.1. The molecule has 0 atom stereocenters. The van der Waals surface area contributed by atoms with E-state index in [0.717, 1.165) is 38.2 Å². The van der Waals surface area contributed by atoms with Gasteiger partial charge in [0.1, 0.15) is 11.5 Å². The van der Waals surface area contributed by atoms with Gasteiger partial charge in [0, 0.05) is 4.47 Å². The van der Waals surface area contributed by atoms with Gasteiger partial charge >= 0.3 is 0 Å². The Hall–Kier alpha value is -1.74. The van der Waals surface area contributed by atoms with Gasteiger partial charge in [0.05, 0.1) is 13.7 Å². The van der Waals surface area contributed by atoms with Crippen LogP contribution < -0.4 is 9.47 Å². The molecule has 2 aromatic rings. The smallest absolute Gasteiger partial charge is 0.121 e. The predicted octanol–water partition coefficient (Wildman–Crippen LogP) is 5.23. The van der Waals surface area contributed by atoms with Gasteiger partial charge in [-0.25, -0.2) is 0 Å². The second-order valence-electron chi connectivity index (χ2n) is 4.77. The third-order valence-corrected chi connectivity index (χ3v) is 3.73. The fraction of sp³-hybridized carbons (Fsp3) is 0.222. The van der Waals surface area contributed by atoms with Crippen LogP contribution in [0.2, 0.25) is 0 Å². The molecule has 0 aliphatic heterocycles. The first-order valence-electron chi connectivity index (χ1n) is 6.82. The predicted molar refractivity (Wildman–Crippen MR) is 91.2 cm³/mol. The number of aryl methyl sites for hydroxylation is 1. The van der Waals surface area contributed by atoms with Gasteiger partial charge in [-0.15, -0.1) is 0 Å². The summed E-state index contributed by atoms with van der Waals surface area (Å²) in [4.78, 5) is 0. The Labute approximate surface area is 134 Å². The molecule has 0 aliphatic carbocycles. The van der Waals surface area contributed by atoms with E-state index in [1.54, 1.807) is 7.11 Å². The monoisotopic (exact) mass is 346 g/mol. The van der Waals surface area contributed by atoms with Gasteiger partial charge in [-0.1, -0.05) is 28.6 Å². The molecular weight excluding hydrogens is 328 g/mol. The zero-order valence-corrected chi connectivity index (χ0v) is 14.2. The summed E-state index contributed by atoms with van der Waals surface area (Å²) in [5.41, 5.74) is 4.17. The van der Waals surface area contributed by atoms with Crippen molar-refractivity contribution in [2.24, 2.45) is 0 Å². The van der Waals surface area contributed by atoms with E-state index in [0.29, 0.717) is 6.61 Å². The normalized spacial score (nSPS) is 10.3. The molecule has 0 saturated carbocycles. The fourth-order valence-corrected chi connectivity index (χ4v) is 2.69. The summed E-state index contributed by atoms with van der Waals surface area (Å²) >= 11 is 3.52. The van der Waals surface area contributed by atoms with E-state index in [1.165, 1.54) is 0 Å². The molecule has 0 bridgehead atoms. The maximum Gasteiger partial charge on any atom is 0.121 e. The van der Waals surface area contributed by atoms with E-state index in [2.05, 4.69) is 28.6 Å². The van der Waals surface area contributed by atoms with E-state index in [1.807, 2.05) is 44.2 Å². The van der Waals surface area contributed by atoms with Crippen LogP contribution in [-0.4, -0.2) is 13.7 Å². The van der Waals surface area contributed by atoms with Crippen molar-refractivity contribution in [3.8, 4) is 11.5 Å². The minimum atomic E-state index is 0.643. The first-order valence-corrected chi connectivity index (χ1v) is 7.62. The lowest BCUT2D eigenvalue weighted by Crippen LogP contribution is -1.94. The highest BCUT2D eigenvalue weighted by Crippen LogP contribution is 2.31. The lowest BCUT2D eigenvalue weighted by Gasteiger charge is -2.12. The van der Waals surface area contributed by atoms with Crippen molar-refractivity contribution < 1.29 is 9.47 Å². The van der Waals surface area contributed by atoms with E-state index in [4.69, 9.17) is 9.47 Å². The number of halogens is 1. The van der Waals surface area contributed by atoms with Gasteiger partial charge in [-0.05, 0) is 66.4 Å². The topological polar surface area (TPSA) is 18.5 Å². The van der Waals surface area contributed by atoms with Crippen LogP contribution in [0.4, 0.5) is 0 Å². The highest BCUT2D eigenvalue weighted by atomic mass is 79.9. The van der Waals surface area contributed by atoms with Gasteiger partial charge in [-0.3, -0.25) is 0 Å². The maximum absolute atomic E-state index is 5.58. The van der Waals surface area contributed by atoms with Crippen molar-refractivity contribution in [3.63, 3.8) is 0 Å². The molecule has 3 heteroatoms. The lowest BCUT2D eigenvalue weighted by molar-refractivity contribution is 0.340. The third-order valence-electron chi connectivity index (χ3n) is 3.27. The molecule has 0 aliphatic rings. The zero-order valence-electron chi connectivity index (χ0n) is 12.6. The number of ether oxygens (including phenoxy) is 2. The summed E-state index contributed by atoms with van der Waals surface area (Å²) in [6.45, 7) is 8.86. The highest BCUT2D eigenvalue weighted by Gasteiger charge is 2.08. The van der Waals surface area contributed by atoms with E-state index in [-0.39, 0.29) is 0 Å². The second-order valence-corrected chi connectivity index (χ2v) is 5.69. The minimum absolute atomic E-state index is 0.643. The molecule has 0 N–H and O–H groups in total. The van der Waals surface area contributed by atoms with Gasteiger partial charge in [0.15, 0.2) is 0 Å². The maximum atomic E-state index is 5.58. The van der Waals surface area contributed by atoms with E-state index >= 15 is 0 Å². The van der Waals surface area contributed by atoms with E-state index in [9.17, 15) is 0 Å². The molecule has 0 heterocycles. The molecule has 0 unspecified atom stereocenters. The van der Waals surface area contributed by atoms with Crippen molar-refractivity contribution in [2.75, 3.05) is 13.7 Å². The third kappa shape index (κ3) is 3.67. The molecular formula is C18H19BrO2. The molecule has 0 amide bonds. The Morgan fingerprint density at radius 3 is 2.52 bits per heavy atom. The molecule has 0 radical (unpaired) electrons. The summed E-state index contributed by atoms with van der Waals surface area (Å²) in [5, 5.41) is 0. The van der Waals surface area contributed by atoms with Gasteiger partial charge < -0.3 is 9.47 Å². The number of methoxy groups -OCH3 is 1. The molecule has 2 nitrogen and oxygen atoms in total. The van der Waals surface area contributed by atoms with Crippen LogP contribution in [0.3, 0.4) is 0 Å². The van der Waals surface area contributed by atoms with Gasteiger partial charge in [-0.2, -0.15) is 0 Å². The van der Waals surface area contributed by atoms with Gasteiger partial charge in [0.25, 0.3) is 0 Å². The quantitative estimate of drug-likeness (QED) is 0.738. The largest absolute Gasteiger partial charge is 0.496 e. The molecule has 0 aromatic heterocycles. The Morgan fingerprint density at radius 2 is 1.90 bits per heavy atom. The van der Waals surface area contributed by atoms with Crippen LogP contribution in [0.15, 0.2) is 47.4 Å². The molecule has 0 fully saturated rings. The molecule has 2 aromatic carbocycles. The second kappa shape index (κ2) is 6.81. The molecule has 0 saturated heterocycles. The number of hydrogen-bond acceptors (Lipinski definition) is 2. The summed E-state index contributed by atoms with van der Waals surface area (Å²) < 4.78 is 11.9. The van der Waals surface area contributed by atoms with Crippen molar-refractivity contribution >= 4 is 21.5 Å². The molecule has 21 heavy (non-hydrogen) atoms. The number of rotatable bonds is 5. The van der Waals surface area contributed by atoms with Crippen LogP contribution in [-0.2, 0) is 0 Å². The van der Waals surface area contributed by atoms with Crippen LogP contribution in [0.25, 0.3) is 5.57 Å². The Kier molecular flexibility index (Phi) is 5.07. The first kappa shape index (κ1) is 15.6. The minimum Gasteiger partial charge on any atom is -0.496 e. The number of benzene rings is 2. The number of hydrogen-bond donors (Lipinski definition) is 0. The van der Waals surface area contributed by atoms with Crippen LogP contribution >= 0.6 is 15.9 Å².